The predicted octanol–water partition coefficient (Wildman–Crippen LogP) is 1.25. The number of aliphatic hydroxyl groups excluding tert-OH is 1. The maximum absolute atomic E-state index is 8.23. The molecule has 0 unspecified atom stereocenters. The molecule has 0 saturated carbocycles. The van der Waals surface area contributed by atoms with Crippen molar-refractivity contribution >= 4 is 11.8 Å². The third-order valence-electron chi connectivity index (χ3n) is 0.528. The average Bonchev–Trinajstić information content (AvgIpc) is 1.69. The second-order valence-corrected chi connectivity index (χ2v) is 1.86. The van der Waals surface area contributed by atoms with Crippen molar-refractivity contribution in [1.82, 2.24) is 0 Å². The second-order valence-electron chi connectivity index (χ2n) is 1.12. The summed E-state index contributed by atoms with van der Waals surface area (Å²) in [6, 6.07) is 0. The second kappa shape index (κ2) is 6.05. The lowest BCUT2D eigenvalue weighted by Crippen LogP contribution is -1.73. The topological polar surface area (TPSA) is 20.2 Å². The number of thioether (sulfide) groups is 1. The molecule has 0 fully saturated rings. The summed E-state index contributed by atoms with van der Waals surface area (Å²) in [5.41, 5.74) is 0. The largest absolute Gasteiger partial charge is 0.396 e. The van der Waals surface area contributed by atoms with Gasteiger partial charge in [-0.2, -0.15) is 0 Å². The molecule has 0 amide bonds. The molecule has 0 atom stereocenters. The highest BCUT2D eigenvalue weighted by Gasteiger charge is 1.69. The molecule has 1 nitrogen and oxygen atoms in total. The number of hydrogen-bond acceptors (Lipinski definition) is 2. The summed E-state index contributed by atoms with van der Waals surface area (Å²) in [7, 11) is 0. The normalized spacial score (nSPS) is 10.6. The van der Waals surface area contributed by atoms with Crippen LogP contribution in [0.5, 0.6) is 0 Å². The molecule has 42 valence electrons. The molecule has 0 aliphatic carbocycles. The first-order chi connectivity index (χ1) is 3.41. The van der Waals surface area contributed by atoms with E-state index < -0.39 is 0 Å². The van der Waals surface area contributed by atoms with Gasteiger partial charge in [-0.25, -0.2) is 0 Å². The minimum Gasteiger partial charge on any atom is -0.396 e. The Labute approximate surface area is 48.4 Å². The van der Waals surface area contributed by atoms with E-state index in [1.54, 1.807) is 11.8 Å². The molecule has 0 spiro atoms. The fourth-order valence-electron chi connectivity index (χ4n) is 0.239. The van der Waals surface area contributed by atoms with Gasteiger partial charge in [0.25, 0.3) is 0 Å². The third-order valence-corrected chi connectivity index (χ3v) is 0.993. The summed E-state index contributed by atoms with van der Waals surface area (Å²) in [6.45, 7) is 0.261. The molecule has 0 aliphatic rings. The van der Waals surface area contributed by atoms with Crippen LogP contribution in [-0.4, -0.2) is 18.0 Å². The Balaban J connectivity index is 2.78. The molecule has 0 aromatic heterocycles. The Bertz CT molecular complexity index is 52.0. The highest BCUT2D eigenvalue weighted by atomic mass is 32.2. The Morgan fingerprint density at radius 2 is 2.43 bits per heavy atom. The summed E-state index contributed by atoms with van der Waals surface area (Å²) < 4.78 is 0. The van der Waals surface area contributed by atoms with Gasteiger partial charge in [0.05, 0.1) is 0 Å². The van der Waals surface area contributed by atoms with Crippen LogP contribution in [0.1, 0.15) is 6.42 Å². The molecular formula is C5H10OS. The Morgan fingerprint density at radius 3 is 2.86 bits per heavy atom. The zero-order chi connectivity index (χ0) is 5.54. The van der Waals surface area contributed by atoms with Gasteiger partial charge in [-0.05, 0) is 18.1 Å². The van der Waals surface area contributed by atoms with Crippen LogP contribution in [0.3, 0.4) is 0 Å². The molecule has 0 aliphatic heterocycles. The first kappa shape index (κ1) is 7.05. The first-order valence-corrected chi connectivity index (χ1v) is 3.49. The smallest absolute Gasteiger partial charge is 0.0465 e. The van der Waals surface area contributed by atoms with E-state index in [9.17, 15) is 0 Å². The van der Waals surface area contributed by atoms with Crippen molar-refractivity contribution in [2.24, 2.45) is 0 Å². The van der Waals surface area contributed by atoms with Crippen molar-refractivity contribution in [3.05, 3.63) is 11.5 Å². The molecule has 2 heteroatoms. The van der Waals surface area contributed by atoms with Gasteiger partial charge in [0.15, 0.2) is 0 Å². The first-order valence-electron chi connectivity index (χ1n) is 2.20. The van der Waals surface area contributed by atoms with Crippen LogP contribution >= 0.6 is 11.8 Å². The van der Waals surface area contributed by atoms with Crippen molar-refractivity contribution in [2.75, 3.05) is 12.9 Å². The van der Waals surface area contributed by atoms with Crippen LogP contribution in [0, 0.1) is 0 Å². The lowest BCUT2D eigenvalue weighted by molar-refractivity contribution is 0.302. The van der Waals surface area contributed by atoms with Crippen LogP contribution in [0.25, 0.3) is 0 Å². The van der Waals surface area contributed by atoms with Gasteiger partial charge in [-0.15, -0.1) is 11.8 Å². The average molecular weight is 118 g/mol. The molecule has 0 aromatic carbocycles. The predicted molar refractivity (Wildman–Crippen MR) is 34.4 cm³/mol. The van der Waals surface area contributed by atoms with E-state index in [1.165, 1.54) is 0 Å². The molecule has 0 aromatic rings. The van der Waals surface area contributed by atoms with E-state index in [0.29, 0.717) is 0 Å². The molecule has 0 radical (unpaired) electrons. The quantitative estimate of drug-likeness (QED) is 0.601. The van der Waals surface area contributed by atoms with Crippen LogP contribution < -0.4 is 0 Å². The van der Waals surface area contributed by atoms with Crippen LogP contribution in [0.15, 0.2) is 11.5 Å². The number of rotatable bonds is 3. The molecule has 0 bridgehead atoms. The van der Waals surface area contributed by atoms with Crippen molar-refractivity contribution in [1.29, 1.82) is 0 Å². The van der Waals surface area contributed by atoms with Gasteiger partial charge in [-0.3, -0.25) is 0 Å². The maximum atomic E-state index is 8.23. The zero-order valence-corrected chi connectivity index (χ0v) is 5.24. The van der Waals surface area contributed by atoms with Gasteiger partial charge >= 0.3 is 0 Å². The summed E-state index contributed by atoms with van der Waals surface area (Å²) in [6.07, 6.45) is 4.72. The third kappa shape index (κ3) is 6.05. The van der Waals surface area contributed by atoms with E-state index >= 15 is 0 Å². The summed E-state index contributed by atoms with van der Waals surface area (Å²) in [5, 5.41) is 10.2. The minimum absolute atomic E-state index is 0.261. The van der Waals surface area contributed by atoms with Crippen molar-refractivity contribution < 1.29 is 5.11 Å². The minimum atomic E-state index is 0.261. The Morgan fingerprint density at radius 1 is 1.71 bits per heavy atom. The molecule has 7 heavy (non-hydrogen) atoms. The van der Waals surface area contributed by atoms with Gasteiger partial charge in [0.2, 0.25) is 0 Å². The van der Waals surface area contributed by atoms with Gasteiger partial charge in [0, 0.05) is 6.61 Å². The number of aliphatic hydroxyl groups is 1. The molecule has 0 heterocycles. The standard InChI is InChI=1S/C5H10OS/c1-7-5-3-2-4-6/h3,5-6H,2,4H2,1H3. The lowest BCUT2D eigenvalue weighted by Gasteiger charge is -1.79. The van der Waals surface area contributed by atoms with Gasteiger partial charge < -0.3 is 5.11 Å². The van der Waals surface area contributed by atoms with E-state index in [4.69, 9.17) is 5.11 Å². The van der Waals surface area contributed by atoms with Crippen LogP contribution in [-0.2, 0) is 0 Å². The van der Waals surface area contributed by atoms with Gasteiger partial charge in [0.1, 0.15) is 0 Å². The molecular weight excluding hydrogens is 108 g/mol. The fraction of sp³-hybridized carbons (Fsp3) is 0.600. The summed E-state index contributed by atoms with van der Waals surface area (Å²) in [5.74, 6) is 0. The monoisotopic (exact) mass is 118 g/mol. The molecule has 1 N–H and O–H groups in total. The number of hydrogen-bond donors (Lipinski definition) is 1. The van der Waals surface area contributed by atoms with E-state index in [2.05, 4.69) is 0 Å². The van der Waals surface area contributed by atoms with Crippen LogP contribution in [0.4, 0.5) is 0 Å². The Kier molecular flexibility index (Phi) is 6.09. The zero-order valence-electron chi connectivity index (χ0n) is 4.42. The SMILES string of the molecule is CSC=CCCO. The van der Waals surface area contributed by atoms with Crippen molar-refractivity contribution in [3.63, 3.8) is 0 Å². The van der Waals surface area contributed by atoms with Crippen molar-refractivity contribution in [2.45, 2.75) is 6.42 Å². The Hall–Kier alpha value is 0.0500. The van der Waals surface area contributed by atoms with Crippen molar-refractivity contribution in [3.8, 4) is 0 Å². The van der Waals surface area contributed by atoms with E-state index in [-0.39, 0.29) is 6.61 Å². The highest BCUT2D eigenvalue weighted by molar-refractivity contribution is 8.01. The van der Waals surface area contributed by atoms with E-state index in [1.807, 2.05) is 17.7 Å². The van der Waals surface area contributed by atoms with Gasteiger partial charge in [-0.1, -0.05) is 6.08 Å². The summed E-state index contributed by atoms with van der Waals surface area (Å²) in [4.78, 5) is 0. The van der Waals surface area contributed by atoms with Crippen LogP contribution in [0.2, 0.25) is 0 Å². The molecule has 0 rings (SSSR count). The summed E-state index contributed by atoms with van der Waals surface area (Å²) >= 11 is 1.65. The molecule has 0 saturated heterocycles. The lowest BCUT2D eigenvalue weighted by atomic mass is 10.5. The fourth-order valence-corrected chi connectivity index (χ4v) is 0.567. The highest BCUT2D eigenvalue weighted by Crippen LogP contribution is 1.93. The maximum Gasteiger partial charge on any atom is 0.0465 e. The van der Waals surface area contributed by atoms with E-state index in [0.717, 1.165) is 6.42 Å².